The second-order valence-corrected chi connectivity index (χ2v) is 5.77. The molecule has 0 aliphatic rings. The van der Waals surface area contributed by atoms with Gasteiger partial charge in [0.15, 0.2) is 0 Å². The van der Waals surface area contributed by atoms with Gasteiger partial charge < -0.3 is 19.9 Å². The van der Waals surface area contributed by atoms with Crippen LogP contribution in [0.25, 0.3) is 0 Å². The van der Waals surface area contributed by atoms with Crippen molar-refractivity contribution in [3.8, 4) is 0 Å². The summed E-state index contributed by atoms with van der Waals surface area (Å²) in [5.41, 5.74) is -0.575. The van der Waals surface area contributed by atoms with Gasteiger partial charge in [-0.1, -0.05) is 13.8 Å². The van der Waals surface area contributed by atoms with Crippen molar-refractivity contribution in [3.63, 3.8) is 0 Å². The van der Waals surface area contributed by atoms with Crippen LogP contribution in [-0.4, -0.2) is 35.1 Å². The van der Waals surface area contributed by atoms with Crippen molar-refractivity contribution < 1.29 is 24.2 Å². The van der Waals surface area contributed by atoms with Gasteiger partial charge in [0.25, 0.3) is 0 Å². The lowest BCUT2D eigenvalue weighted by atomic mass is 9.99. The summed E-state index contributed by atoms with van der Waals surface area (Å²) in [5, 5.41) is 12.7. The van der Waals surface area contributed by atoms with E-state index in [0.717, 1.165) is 0 Å². The normalized spacial score (nSPS) is 14.7. The number of carbonyl (C=O) groups is 2. The van der Waals surface area contributed by atoms with Crippen LogP contribution in [-0.2, 0) is 14.3 Å². The smallest absolute Gasteiger partial charge is 0.407 e. The first-order valence-electron chi connectivity index (χ1n) is 6.35. The van der Waals surface area contributed by atoms with Gasteiger partial charge in [-0.2, -0.15) is 0 Å². The number of ether oxygens (including phenoxy) is 2. The van der Waals surface area contributed by atoms with Crippen LogP contribution in [0.5, 0.6) is 0 Å². The molecule has 0 radical (unpaired) electrons. The summed E-state index contributed by atoms with van der Waals surface area (Å²) < 4.78 is 9.96. The van der Waals surface area contributed by atoms with Gasteiger partial charge in [-0.05, 0) is 20.8 Å². The van der Waals surface area contributed by atoms with Crippen molar-refractivity contribution in [2.45, 2.75) is 59.4 Å². The second kappa shape index (κ2) is 6.75. The molecule has 0 rings (SSSR count). The van der Waals surface area contributed by atoms with Crippen LogP contribution in [0.15, 0.2) is 0 Å². The lowest BCUT2D eigenvalue weighted by Gasteiger charge is -2.31. The van der Waals surface area contributed by atoms with E-state index in [9.17, 15) is 14.7 Å². The van der Waals surface area contributed by atoms with Gasteiger partial charge in [-0.25, -0.2) is 4.79 Å². The Morgan fingerprint density at radius 2 is 1.74 bits per heavy atom. The number of carbonyl (C=O) groups excluding carboxylic acids is 2. The summed E-state index contributed by atoms with van der Waals surface area (Å²) in [6, 6.07) is 0. The molecule has 0 aliphatic carbocycles. The molecule has 1 amide bonds. The molecule has 0 fully saturated rings. The summed E-state index contributed by atoms with van der Waals surface area (Å²) >= 11 is 0. The Hall–Kier alpha value is -1.30. The van der Waals surface area contributed by atoms with Gasteiger partial charge in [-0.15, -0.1) is 0 Å². The van der Waals surface area contributed by atoms with Gasteiger partial charge >= 0.3 is 12.1 Å². The van der Waals surface area contributed by atoms with Crippen molar-refractivity contribution in [2.24, 2.45) is 5.92 Å². The fourth-order valence-corrected chi connectivity index (χ4v) is 1.36. The van der Waals surface area contributed by atoms with Crippen LogP contribution in [0.1, 0.15) is 48.0 Å². The molecule has 6 heteroatoms. The lowest BCUT2D eigenvalue weighted by Crippen LogP contribution is -2.43. The van der Waals surface area contributed by atoms with Crippen LogP contribution in [0.4, 0.5) is 4.79 Å². The molecule has 0 aromatic rings. The van der Waals surface area contributed by atoms with Crippen LogP contribution in [0.3, 0.4) is 0 Å². The highest BCUT2D eigenvalue weighted by Crippen LogP contribution is 2.22. The molecule has 0 heterocycles. The summed E-state index contributed by atoms with van der Waals surface area (Å²) in [4.78, 5) is 22.4. The van der Waals surface area contributed by atoms with Crippen molar-refractivity contribution in [2.75, 3.05) is 6.54 Å². The summed E-state index contributed by atoms with van der Waals surface area (Å²) in [5.74, 6) is -2.42. The Kier molecular flexibility index (Phi) is 6.29. The van der Waals surface area contributed by atoms with Crippen LogP contribution in [0.2, 0.25) is 0 Å². The van der Waals surface area contributed by atoms with Crippen molar-refractivity contribution in [1.29, 1.82) is 0 Å². The van der Waals surface area contributed by atoms with E-state index in [-0.39, 0.29) is 18.9 Å². The van der Waals surface area contributed by atoms with E-state index in [2.05, 4.69) is 5.32 Å². The molecular weight excluding hydrogens is 250 g/mol. The second-order valence-electron chi connectivity index (χ2n) is 5.77. The predicted molar refractivity (Wildman–Crippen MR) is 70.4 cm³/mol. The highest BCUT2D eigenvalue weighted by Gasteiger charge is 2.34. The number of nitrogens with one attached hydrogen (secondary N) is 1. The first-order chi connectivity index (χ1) is 8.46. The number of hydrogen-bond acceptors (Lipinski definition) is 5. The Morgan fingerprint density at radius 1 is 1.21 bits per heavy atom. The third-order valence-electron chi connectivity index (χ3n) is 2.37. The van der Waals surface area contributed by atoms with E-state index in [1.165, 1.54) is 6.92 Å². The molecule has 6 nitrogen and oxygen atoms in total. The first-order valence-corrected chi connectivity index (χ1v) is 6.35. The Morgan fingerprint density at radius 3 is 2.11 bits per heavy atom. The minimum Gasteiger partial charge on any atom is -0.444 e. The van der Waals surface area contributed by atoms with E-state index in [1.807, 2.05) is 0 Å². The average molecular weight is 275 g/mol. The monoisotopic (exact) mass is 275 g/mol. The topological polar surface area (TPSA) is 84.9 Å². The van der Waals surface area contributed by atoms with E-state index >= 15 is 0 Å². The van der Waals surface area contributed by atoms with Gasteiger partial charge in [0, 0.05) is 25.8 Å². The molecule has 0 aliphatic heterocycles. The van der Waals surface area contributed by atoms with E-state index < -0.39 is 23.5 Å². The summed E-state index contributed by atoms with van der Waals surface area (Å²) in [6.07, 6.45) is -0.467. The fraction of sp³-hybridized carbons (Fsp3) is 0.846. The highest BCUT2D eigenvalue weighted by molar-refractivity contribution is 5.67. The van der Waals surface area contributed by atoms with Crippen LogP contribution >= 0.6 is 0 Å². The molecule has 112 valence electrons. The summed E-state index contributed by atoms with van der Waals surface area (Å²) in [7, 11) is 0. The maximum absolute atomic E-state index is 11.4. The maximum atomic E-state index is 11.4. The first kappa shape index (κ1) is 17.7. The van der Waals surface area contributed by atoms with E-state index in [4.69, 9.17) is 9.47 Å². The van der Waals surface area contributed by atoms with E-state index in [1.54, 1.807) is 34.6 Å². The third-order valence-corrected chi connectivity index (χ3v) is 2.37. The molecule has 1 atom stereocenters. The van der Waals surface area contributed by atoms with Crippen molar-refractivity contribution in [3.05, 3.63) is 0 Å². The van der Waals surface area contributed by atoms with Crippen molar-refractivity contribution in [1.82, 2.24) is 5.32 Å². The molecule has 0 saturated carbocycles. The Labute approximate surface area is 114 Å². The number of amides is 1. The van der Waals surface area contributed by atoms with Gasteiger partial charge in [0.1, 0.15) is 5.60 Å². The number of esters is 1. The third kappa shape index (κ3) is 7.66. The predicted octanol–water partition coefficient (Wildman–Crippen LogP) is 1.81. The quantitative estimate of drug-likeness (QED) is 0.590. The molecule has 1 unspecified atom stereocenters. The highest BCUT2D eigenvalue weighted by atomic mass is 16.7. The van der Waals surface area contributed by atoms with Crippen LogP contribution in [0, 0.1) is 5.92 Å². The molecule has 0 aromatic heterocycles. The SMILES string of the molecule is CC(=O)OC(O)(CCNC(=O)OC(C)(C)C)C(C)C. The molecule has 19 heavy (non-hydrogen) atoms. The number of hydrogen-bond donors (Lipinski definition) is 2. The molecule has 2 N–H and O–H groups in total. The number of rotatable bonds is 5. The number of aliphatic hydroxyl groups is 1. The minimum atomic E-state index is -1.58. The Balaban J connectivity index is 4.28. The molecule has 0 saturated heterocycles. The standard InChI is InChI=1S/C13H25NO5/c1-9(2)13(17,18-10(3)15)7-8-14-11(16)19-12(4,5)6/h9,17H,7-8H2,1-6H3,(H,14,16). The lowest BCUT2D eigenvalue weighted by molar-refractivity contribution is -0.227. The zero-order chi connectivity index (χ0) is 15.3. The van der Waals surface area contributed by atoms with Gasteiger partial charge in [-0.3, -0.25) is 4.79 Å². The minimum absolute atomic E-state index is 0.101. The van der Waals surface area contributed by atoms with Gasteiger partial charge in [0.05, 0.1) is 0 Å². The van der Waals surface area contributed by atoms with Gasteiger partial charge in [0.2, 0.25) is 5.79 Å². The van der Waals surface area contributed by atoms with Crippen molar-refractivity contribution >= 4 is 12.1 Å². The Bertz CT molecular complexity index is 321. The zero-order valence-electron chi connectivity index (χ0n) is 12.6. The fourth-order valence-electron chi connectivity index (χ4n) is 1.36. The molecular formula is C13H25NO5. The van der Waals surface area contributed by atoms with Crippen LogP contribution < -0.4 is 5.32 Å². The molecule has 0 bridgehead atoms. The maximum Gasteiger partial charge on any atom is 0.407 e. The molecule has 0 spiro atoms. The summed E-state index contributed by atoms with van der Waals surface area (Å²) in [6.45, 7) is 10.1. The largest absolute Gasteiger partial charge is 0.444 e. The zero-order valence-corrected chi connectivity index (χ0v) is 12.6. The number of alkyl carbamates (subject to hydrolysis) is 1. The molecule has 0 aromatic carbocycles. The van der Waals surface area contributed by atoms with E-state index in [0.29, 0.717) is 0 Å². The average Bonchev–Trinajstić information content (AvgIpc) is 2.12.